The number of hydrogen-bond acceptors (Lipinski definition) is 4. The number of aliphatic imine (C=N–C) groups is 2. The van der Waals surface area contributed by atoms with Crippen molar-refractivity contribution in [2.45, 2.75) is 75.3 Å². The molecular formula is C24H28N4. The van der Waals surface area contributed by atoms with Crippen LogP contribution < -0.4 is 0 Å². The number of hydrogen-bond donors (Lipinski definition) is 0. The highest BCUT2D eigenvalue weighted by molar-refractivity contribution is 5.78. The minimum Gasteiger partial charge on any atom is -0.285 e. The Kier molecular flexibility index (Phi) is 5.03. The van der Waals surface area contributed by atoms with Crippen LogP contribution in [0.4, 0.5) is 0 Å². The second-order valence-corrected chi connectivity index (χ2v) is 8.45. The molecule has 0 unspecified atom stereocenters. The molecule has 1 aliphatic heterocycles. The zero-order chi connectivity index (χ0) is 18.8. The van der Waals surface area contributed by atoms with Crippen LogP contribution in [0.5, 0.6) is 0 Å². The van der Waals surface area contributed by atoms with Crippen molar-refractivity contribution in [2.75, 3.05) is 0 Å². The highest BCUT2D eigenvalue weighted by Gasteiger charge is 2.30. The molecule has 3 heterocycles. The van der Waals surface area contributed by atoms with Gasteiger partial charge in [-0.3, -0.25) is 20.0 Å². The lowest BCUT2D eigenvalue weighted by Crippen LogP contribution is -2.27. The lowest BCUT2D eigenvalue weighted by atomic mass is 9.75. The van der Waals surface area contributed by atoms with E-state index in [-0.39, 0.29) is 12.1 Å². The highest BCUT2D eigenvalue weighted by atomic mass is 14.9. The van der Waals surface area contributed by atoms with Gasteiger partial charge in [-0.2, -0.15) is 0 Å². The third kappa shape index (κ3) is 3.65. The van der Waals surface area contributed by atoms with Gasteiger partial charge in [-0.05, 0) is 49.9 Å². The van der Waals surface area contributed by atoms with E-state index in [1.807, 2.05) is 12.4 Å². The van der Waals surface area contributed by atoms with Crippen LogP contribution >= 0.6 is 0 Å². The fourth-order valence-corrected chi connectivity index (χ4v) is 5.12. The molecule has 0 saturated heterocycles. The summed E-state index contributed by atoms with van der Waals surface area (Å²) in [7, 11) is 0. The second-order valence-electron chi connectivity index (χ2n) is 8.45. The second kappa shape index (κ2) is 7.94. The summed E-state index contributed by atoms with van der Waals surface area (Å²) in [4.78, 5) is 19.9. The van der Waals surface area contributed by atoms with E-state index in [4.69, 9.17) is 20.0 Å². The van der Waals surface area contributed by atoms with Crippen molar-refractivity contribution in [3.05, 3.63) is 59.2 Å². The standard InChI is InChI=1S/C24H28N4/c1-2-10-20-19(9-1)21-13-5-7-17(27-21)15-25-23-11-3-4-12-24(23)26-16-18-8-6-14-22(20)28-18/h5-8,13-16,19-20,23-24H,1-4,9-12H2/t19-,20-,23-,24-/m1/s1. The molecule has 2 aliphatic carbocycles. The van der Waals surface area contributed by atoms with Gasteiger partial charge in [0.1, 0.15) is 0 Å². The van der Waals surface area contributed by atoms with E-state index in [0.29, 0.717) is 11.8 Å². The lowest BCUT2D eigenvalue weighted by molar-refractivity contribution is 0.374. The van der Waals surface area contributed by atoms with E-state index in [2.05, 4.69) is 36.4 Å². The molecule has 0 radical (unpaired) electrons. The van der Waals surface area contributed by atoms with Gasteiger partial charge in [-0.25, -0.2) is 0 Å². The van der Waals surface area contributed by atoms with Crippen LogP contribution in [0.1, 0.15) is 86.0 Å². The summed E-state index contributed by atoms with van der Waals surface area (Å²) >= 11 is 0. The molecule has 5 rings (SSSR count). The zero-order valence-electron chi connectivity index (χ0n) is 16.4. The van der Waals surface area contributed by atoms with Gasteiger partial charge in [0.05, 0.1) is 23.5 Å². The van der Waals surface area contributed by atoms with Gasteiger partial charge in [0.25, 0.3) is 0 Å². The molecule has 2 fully saturated rings. The van der Waals surface area contributed by atoms with Crippen molar-refractivity contribution in [3.8, 4) is 0 Å². The van der Waals surface area contributed by atoms with Gasteiger partial charge < -0.3 is 0 Å². The SMILES string of the molecule is C1=N[C@@H]2CCCC[C@H]2N=Cc2cccc(n2)[C@@H]2CCCC[C@H]2c2cccc1n2. The molecule has 4 nitrogen and oxygen atoms in total. The number of pyridine rings is 2. The van der Waals surface area contributed by atoms with E-state index >= 15 is 0 Å². The normalized spacial score (nSPS) is 29.4. The Morgan fingerprint density at radius 1 is 0.571 bits per heavy atom. The van der Waals surface area contributed by atoms with Crippen molar-refractivity contribution in [1.29, 1.82) is 0 Å². The Bertz CT molecular complexity index is 814. The average Bonchev–Trinajstić information content (AvgIpc) is 2.77. The van der Waals surface area contributed by atoms with Crippen LogP contribution in [0.25, 0.3) is 0 Å². The summed E-state index contributed by atoms with van der Waals surface area (Å²) in [5.41, 5.74) is 4.36. The van der Waals surface area contributed by atoms with Crippen LogP contribution in [0.15, 0.2) is 46.4 Å². The Hall–Kier alpha value is -2.36. The number of nitrogens with zero attached hydrogens (tertiary/aromatic N) is 4. The lowest BCUT2D eigenvalue weighted by Gasteiger charge is -2.31. The minimum atomic E-state index is 0.254. The summed E-state index contributed by atoms with van der Waals surface area (Å²) < 4.78 is 0. The monoisotopic (exact) mass is 372 g/mol. The molecule has 0 amide bonds. The van der Waals surface area contributed by atoms with Gasteiger partial charge in [0, 0.05) is 35.7 Å². The zero-order valence-corrected chi connectivity index (χ0v) is 16.4. The highest BCUT2D eigenvalue weighted by Crippen LogP contribution is 2.42. The molecule has 4 heteroatoms. The maximum Gasteiger partial charge on any atom is 0.0811 e. The summed E-state index contributed by atoms with van der Waals surface area (Å²) in [6, 6.07) is 13.3. The van der Waals surface area contributed by atoms with Crippen LogP contribution in [-0.4, -0.2) is 34.5 Å². The third-order valence-corrected chi connectivity index (χ3v) is 6.60. The molecule has 144 valence electrons. The topological polar surface area (TPSA) is 50.5 Å². The third-order valence-electron chi connectivity index (χ3n) is 6.60. The predicted octanol–water partition coefficient (Wildman–Crippen LogP) is 5.08. The molecular weight excluding hydrogens is 344 g/mol. The Morgan fingerprint density at radius 3 is 1.54 bits per heavy atom. The maximum atomic E-state index is 5.01. The smallest absolute Gasteiger partial charge is 0.0811 e. The van der Waals surface area contributed by atoms with Gasteiger partial charge >= 0.3 is 0 Å². The van der Waals surface area contributed by atoms with Gasteiger partial charge in [-0.15, -0.1) is 0 Å². The first-order chi connectivity index (χ1) is 13.9. The summed E-state index contributed by atoms with van der Waals surface area (Å²) in [5, 5.41) is 0. The van der Waals surface area contributed by atoms with E-state index in [9.17, 15) is 0 Å². The Labute approximate surface area is 167 Å². The molecule has 0 spiro atoms. The van der Waals surface area contributed by atoms with Crippen molar-refractivity contribution in [3.63, 3.8) is 0 Å². The van der Waals surface area contributed by atoms with E-state index in [0.717, 1.165) is 24.2 Å². The maximum absolute atomic E-state index is 5.01. The van der Waals surface area contributed by atoms with E-state index in [1.165, 1.54) is 49.9 Å². The van der Waals surface area contributed by atoms with Gasteiger partial charge in [-0.1, -0.05) is 37.8 Å². The molecule has 4 atom stereocenters. The quantitative estimate of drug-likeness (QED) is 0.647. The first kappa shape index (κ1) is 17.7. The van der Waals surface area contributed by atoms with Crippen molar-refractivity contribution >= 4 is 12.4 Å². The molecule has 2 aromatic heterocycles. The predicted molar refractivity (Wildman–Crippen MR) is 114 cm³/mol. The average molecular weight is 373 g/mol. The first-order valence-corrected chi connectivity index (χ1v) is 10.9. The number of rotatable bonds is 0. The minimum absolute atomic E-state index is 0.254. The van der Waals surface area contributed by atoms with Crippen molar-refractivity contribution in [2.24, 2.45) is 9.98 Å². The Balaban J connectivity index is 1.60. The van der Waals surface area contributed by atoms with Crippen LogP contribution in [0.2, 0.25) is 0 Å². The molecule has 2 saturated carbocycles. The van der Waals surface area contributed by atoms with Crippen LogP contribution in [-0.2, 0) is 0 Å². The molecule has 3 aliphatic rings. The van der Waals surface area contributed by atoms with Gasteiger partial charge in [0.2, 0.25) is 0 Å². The number of fused-ring (bicyclic) bond motifs is 8. The molecule has 4 bridgehead atoms. The van der Waals surface area contributed by atoms with E-state index < -0.39 is 0 Å². The summed E-state index contributed by atoms with van der Waals surface area (Å²) in [6.45, 7) is 0. The van der Waals surface area contributed by atoms with Crippen LogP contribution in [0, 0.1) is 0 Å². The fraction of sp³-hybridized carbons (Fsp3) is 0.500. The summed E-state index contributed by atoms with van der Waals surface area (Å²) in [5.74, 6) is 0.874. The van der Waals surface area contributed by atoms with E-state index in [1.54, 1.807) is 0 Å². The molecule has 2 aromatic rings. The number of aromatic nitrogens is 2. The first-order valence-electron chi connectivity index (χ1n) is 10.9. The molecule has 28 heavy (non-hydrogen) atoms. The Morgan fingerprint density at radius 2 is 1.04 bits per heavy atom. The molecule has 0 aromatic carbocycles. The largest absolute Gasteiger partial charge is 0.285 e. The van der Waals surface area contributed by atoms with Crippen LogP contribution in [0.3, 0.4) is 0 Å². The fourth-order valence-electron chi connectivity index (χ4n) is 5.12. The molecule has 0 N–H and O–H groups in total. The summed E-state index contributed by atoms with van der Waals surface area (Å²) in [6.07, 6.45) is 13.6. The van der Waals surface area contributed by atoms with Gasteiger partial charge in [0.15, 0.2) is 0 Å². The van der Waals surface area contributed by atoms with Crippen molar-refractivity contribution < 1.29 is 0 Å². The van der Waals surface area contributed by atoms with Crippen molar-refractivity contribution in [1.82, 2.24) is 9.97 Å².